The molecule has 1 aliphatic rings. The number of furan rings is 1. The zero-order valence-electron chi connectivity index (χ0n) is 13.9. The number of nitrogen functional groups attached to an aromatic ring is 1. The van der Waals surface area contributed by atoms with Crippen molar-refractivity contribution in [1.29, 1.82) is 0 Å². The largest absolute Gasteiger partial charge is 0.463 e. The van der Waals surface area contributed by atoms with Gasteiger partial charge in [-0.1, -0.05) is 0 Å². The summed E-state index contributed by atoms with van der Waals surface area (Å²) >= 11 is 0. The van der Waals surface area contributed by atoms with Gasteiger partial charge in [-0.2, -0.15) is 5.10 Å². The third-order valence-electron chi connectivity index (χ3n) is 4.18. The Kier molecular flexibility index (Phi) is 4.45. The minimum absolute atomic E-state index is 0.128. The van der Waals surface area contributed by atoms with E-state index >= 15 is 0 Å². The lowest BCUT2D eigenvalue weighted by Gasteiger charge is -2.18. The van der Waals surface area contributed by atoms with E-state index in [1.807, 2.05) is 0 Å². The number of nitrogens with two attached hydrogens (primary N) is 1. The van der Waals surface area contributed by atoms with E-state index in [4.69, 9.17) is 14.9 Å². The molecule has 4 rings (SSSR count). The molecule has 0 saturated carbocycles. The molecule has 142 valence electrons. The summed E-state index contributed by atoms with van der Waals surface area (Å²) in [5, 5.41) is 33.8. The number of hydrazone groups is 1. The van der Waals surface area contributed by atoms with Crippen LogP contribution in [0, 0.1) is 0 Å². The van der Waals surface area contributed by atoms with Gasteiger partial charge in [-0.25, -0.2) is 20.4 Å². The Morgan fingerprint density at radius 2 is 2.19 bits per heavy atom. The van der Waals surface area contributed by atoms with Crippen LogP contribution in [0.1, 0.15) is 12.0 Å². The van der Waals surface area contributed by atoms with Gasteiger partial charge in [0, 0.05) is 0 Å². The van der Waals surface area contributed by atoms with Gasteiger partial charge in [0.15, 0.2) is 23.2 Å². The number of imidazole rings is 1. The van der Waals surface area contributed by atoms with Crippen molar-refractivity contribution in [3.05, 3.63) is 30.5 Å². The van der Waals surface area contributed by atoms with Crippen molar-refractivity contribution in [2.24, 2.45) is 5.10 Å². The van der Waals surface area contributed by atoms with Crippen LogP contribution in [-0.2, 0) is 4.74 Å². The molecule has 6 N–H and O–H groups in total. The minimum atomic E-state index is -1.33. The molecule has 0 aromatic carbocycles. The fraction of sp³-hybridized carbons (Fsp3) is 0.333. The molecule has 1 fully saturated rings. The highest BCUT2D eigenvalue weighted by Crippen LogP contribution is 2.35. The van der Waals surface area contributed by atoms with E-state index in [1.165, 1.54) is 23.4 Å². The van der Waals surface area contributed by atoms with Crippen LogP contribution in [-0.4, -0.2) is 66.0 Å². The second-order valence-electron chi connectivity index (χ2n) is 5.85. The second-order valence-corrected chi connectivity index (χ2v) is 5.85. The molecule has 0 amide bonds. The molecule has 0 bridgehead atoms. The number of fused-ring (bicyclic) bond motifs is 1. The van der Waals surface area contributed by atoms with E-state index < -0.39 is 31.1 Å². The molecule has 0 aliphatic carbocycles. The first-order valence-corrected chi connectivity index (χ1v) is 8.03. The average Bonchev–Trinajstić information content (AvgIpc) is 3.36. The molecule has 1 aliphatic heterocycles. The van der Waals surface area contributed by atoms with Crippen molar-refractivity contribution in [3.8, 4) is 0 Å². The molecule has 4 heterocycles. The van der Waals surface area contributed by atoms with E-state index in [0.717, 1.165) is 0 Å². The Hall–Kier alpha value is -3.06. The molecule has 0 spiro atoms. The molecule has 0 unspecified atom stereocenters. The zero-order valence-corrected chi connectivity index (χ0v) is 13.9. The average molecular weight is 375 g/mol. The lowest BCUT2D eigenvalue weighted by molar-refractivity contribution is -0.0501. The summed E-state index contributed by atoms with van der Waals surface area (Å²) in [6.07, 6.45) is -0.463. The van der Waals surface area contributed by atoms with Crippen LogP contribution >= 0.6 is 0 Å². The van der Waals surface area contributed by atoms with E-state index in [2.05, 4.69) is 25.5 Å². The quantitative estimate of drug-likeness (QED) is 0.276. The first-order chi connectivity index (χ1) is 13.1. The highest BCUT2D eigenvalue weighted by atomic mass is 16.6. The maximum Gasteiger partial charge on any atom is 0.228 e. The number of ether oxygens (including phenoxy) is 1. The first kappa shape index (κ1) is 17.4. The fourth-order valence-corrected chi connectivity index (χ4v) is 2.86. The number of hydrogen-bond acceptors (Lipinski definition) is 11. The monoisotopic (exact) mass is 375 g/mol. The molecular formula is C15H17N7O5. The number of nitrogens with zero attached hydrogens (tertiary/aromatic N) is 5. The lowest BCUT2D eigenvalue weighted by atomic mass is 10.1. The van der Waals surface area contributed by atoms with E-state index in [1.54, 1.807) is 12.1 Å². The first-order valence-electron chi connectivity index (χ1n) is 8.03. The number of anilines is 2. The predicted octanol–water partition coefficient (Wildman–Crippen LogP) is -0.941. The van der Waals surface area contributed by atoms with Crippen LogP contribution in [0.2, 0.25) is 0 Å². The van der Waals surface area contributed by atoms with Crippen LogP contribution in [0.3, 0.4) is 0 Å². The third-order valence-corrected chi connectivity index (χ3v) is 4.18. The number of rotatable bonds is 5. The van der Waals surface area contributed by atoms with E-state index in [-0.39, 0.29) is 22.9 Å². The Bertz CT molecular complexity index is 957. The summed E-state index contributed by atoms with van der Waals surface area (Å²) in [6, 6.07) is 3.43. The zero-order chi connectivity index (χ0) is 19.0. The smallest absolute Gasteiger partial charge is 0.228 e. The highest BCUT2D eigenvalue weighted by molar-refractivity contribution is 5.84. The molecule has 1 saturated heterocycles. The summed E-state index contributed by atoms with van der Waals surface area (Å²) < 4.78 is 12.1. The molecule has 27 heavy (non-hydrogen) atoms. The minimum Gasteiger partial charge on any atom is -0.463 e. The summed E-state index contributed by atoms with van der Waals surface area (Å²) in [6.45, 7) is -0.460. The topological polar surface area (TPSA) is 177 Å². The number of aromatic nitrogens is 4. The molecule has 12 nitrogen and oxygen atoms in total. The van der Waals surface area contributed by atoms with Crippen LogP contribution in [0.4, 0.5) is 11.8 Å². The Morgan fingerprint density at radius 1 is 1.33 bits per heavy atom. The Morgan fingerprint density at radius 3 is 2.89 bits per heavy atom. The molecule has 12 heteroatoms. The molecule has 3 aromatic heterocycles. The van der Waals surface area contributed by atoms with Crippen molar-refractivity contribution in [2.75, 3.05) is 17.8 Å². The van der Waals surface area contributed by atoms with Gasteiger partial charge in [0.05, 0.1) is 19.1 Å². The molecule has 4 atom stereocenters. The van der Waals surface area contributed by atoms with Crippen molar-refractivity contribution in [1.82, 2.24) is 19.5 Å². The molecular weight excluding hydrogens is 358 g/mol. The van der Waals surface area contributed by atoms with Gasteiger partial charge in [-0.05, 0) is 12.1 Å². The van der Waals surface area contributed by atoms with Crippen LogP contribution in [0.25, 0.3) is 11.2 Å². The van der Waals surface area contributed by atoms with Gasteiger partial charge in [0.25, 0.3) is 0 Å². The Labute approximate surface area is 151 Å². The van der Waals surface area contributed by atoms with Gasteiger partial charge in [-0.3, -0.25) is 4.57 Å². The van der Waals surface area contributed by atoms with Crippen LogP contribution in [0.5, 0.6) is 0 Å². The number of aliphatic hydroxyl groups is 3. The van der Waals surface area contributed by atoms with Gasteiger partial charge < -0.3 is 30.2 Å². The molecule has 0 radical (unpaired) electrons. The molecule has 3 aromatic rings. The highest BCUT2D eigenvalue weighted by Gasteiger charge is 2.45. The maximum atomic E-state index is 10.4. The summed E-state index contributed by atoms with van der Waals surface area (Å²) in [7, 11) is 0. The number of hydrogen-bond donors (Lipinski definition) is 5. The second kappa shape index (κ2) is 6.92. The number of aliphatic hydroxyl groups excluding tert-OH is 3. The van der Waals surface area contributed by atoms with Gasteiger partial charge in [0.1, 0.15) is 30.4 Å². The lowest BCUT2D eigenvalue weighted by Crippen LogP contribution is -2.33. The van der Waals surface area contributed by atoms with E-state index in [9.17, 15) is 15.3 Å². The van der Waals surface area contributed by atoms with Crippen molar-refractivity contribution < 1.29 is 24.5 Å². The van der Waals surface area contributed by atoms with Crippen molar-refractivity contribution in [3.63, 3.8) is 0 Å². The van der Waals surface area contributed by atoms with Crippen LogP contribution < -0.4 is 11.2 Å². The summed E-state index contributed by atoms with van der Waals surface area (Å²) in [5.41, 5.74) is 9.11. The fourth-order valence-electron chi connectivity index (χ4n) is 2.86. The van der Waals surface area contributed by atoms with Gasteiger partial charge in [-0.15, -0.1) is 0 Å². The normalized spacial score (nSPS) is 25.6. The summed E-state index contributed by atoms with van der Waals surface area (Å²) in [5.74, 6) is 0.788. The Balaban J connectivity index is 1.74. The summed E-state index contributed by atoms with van der Waals surface area (Å²) in [4.78, 5) is 12.3. The SMILES string of the molecule is Nc1ncnc2c1nc(NN=Cc1ccco1)n2[C@@H]1O[C@@H](CO)[C@@H](O)[C@H]1O. The van der Waals surface area contributed by atoms with Gasteiger partial charge >= 0.3 is 0 Å². The van der Waals surface area contributed by atoms with E-state index in [0.29, 0.717) is 5.76 Å². The maximum absolute atomic E-state index is 10.4. The van der Waals surface area contributed by atoms with Gasteiger partial charge in [0.2, 0.25) is 5.95 Å². The number of nitrogens with one attached hydrogen (secondary N) is 1. The van der Waals surface area contributed by atoms with Crippen molar-refractivity contribution >= 4 is 29.1 Å². The standard InChI is InChI=1S/C15H17N7O5/c16-12-9-13(18-6-17-12)22(14-11(25)10(24)8(5-23)27-14)15(20-9)21-19-4-7-2-1-3-26-7/h1-4,6,8,10-11,14,23-25H,5H2,(H,20,21)(H2,16,17,18)/t8-,10+,11+,14+/m0/s1. The van der Waals surface area contributed by atoms with Crippen molar-refractivity contribution in [2.45, 2.75) is 24.5 Å². The third kappa shape index (κ3) is 3.00. The van der Waals surface area contributed by atoms with Crippen LogP contribution in [0.15, 0.2) is 34.2 Å². The predicted molar refractivity (Wildman–Crippen MR) is 92.7 cm³/mol.